The van der Waals surface area contributed by atoms with E-state index in [4.69, 9.17) is 4.74 Å². The molecular weight excluding hydrogens is 226 g/mol. The third-order valence-corrected chi connectivity index (χ3v) is 3.00. The largest absolute Gasteiger partial charge is 0.463 e. The quantitative estimate of drug-likeness (QED) is 0.764. The van der Waals surface area contributed by atoms with Gasteiger partial charge in [0.05, 0.1) is 12.2 Å². The molecule has 96 valence electrons. The summed E-state index contributed by atoms with van der Waals surface area (Å²) in [4.78, 5) is 13.9. The van der Waals surface area contributed by atoms with E-state index < -0.39 is 0 Å². The van der Waals surface area contributed by atoms with Crippen molar-refractivity contribution in [3.8, 4) is 0 Å². The van der Waals surface area contributed by atoms with Crippen LogP contribution in [0.2, 0.25) is 0 Å². The van der Waals surface area contributed by atoms with Gasteiger partial charge in [-0.05, 0) is 25.3 Å². The summed E-state index contributed by atoms with van der Waals surface area (Å²) in [6.45, 7) is 4.12. The van der Waals surface area contributed by atoms with Gasteiger partial charge in [-0.25, -0.2) is 4.79 Å². The van der Waals surface area contributed by atoms with Crippen LogP contribution in [0.3, 0.4) is 0 Å². The Balaban J connectivity index is 2.01. The van der Waals surface area contributed by atoms with Gasteiger partial charge in [-0.3, -0.25) is 0 Å². The molecule has 1 aromatic rings. The summed E-state index contributed by atoms with van der Waals surface area (Å²) in [5.41, 5.74) is 2.05. The zero-order chi connectivity index (χ0) is 12.8. The predicted octanol–water partition coefficient (Wildman–Crippen LogP) is 2.73. The molecule has 0 N–H and O–H groups in total. The highest BCUT2D eigenvalue weighted by Gasteiger charge is 2.17. The van der Waals surface area contributed by atoms with Gasteiger partial charge in [0.25, 0.3) is 0 Å². The van der Waals surface area contributed by atoms with E-state index in [0.717, 1.165) is 31.5 Å². The predicted molar refractivity (Wildman–Crippen MR) is 70.8 cm³/mol. The SMILES string of the molecule is CCOC(=O)C1=CN(Cc2ccccc2)CCC1. The van der Waals surface area contributed by atoms with E-state index in [-0.39, 0.29) is 5.97 Å². The number of ether oxygens (including phenoxy) is 1. The average molecular weight is 245 g/mol. The van der Waals surface area contributed by atoms with Crippen LogP contribution in [0, 0.1) is 0 Å². The van der Waals surface area contributed by atoms with Crippen LogP contribution in [0.15, 0.2) is 42.1 Å². The van der Waals surface area contributed by atoms with Gasteiger partial charge >= 0.3 is 5.97 Å². The van der Waals surface area contributed by atoms with Crippen LogP contribution >= 0.6 is 0 Å². The summed E-state index contributed by atoms with van der Waals surface area (Å²) in [6.07, 6.45) is 3.79. The fraction of sp³-hybridized carbons (Fsp3) is 0.400. The highest BCUT2D eigenvalue weighted by Crippen LogP contribution is 2.18. The van der Waals surface area contributed by atoms with E-state index in [9.17, 15) is 4.79 Å². The van der Waals surface area contributed by atoms with Gasteiger partial charge in [0.15, 0.2) is 0 Å². The summed E-state index contributed by atoms with van der Waals surface area (Å²) in [6, 6.07) is 10.3. The molecule has 3 nitrogen and oxygen atoms in total. The average Bonchev–Trinajstić information content (AvgIpc) is 2.40. The molecule has 0 saturated heterocycles. The Morgan fingerprint density at radius 1 is 1.33 bits per heavy atom. The van der Waals surface area contributed by atoms with Crippen molar-refractivity contribution in [2.45, 2.75) is 26.3 Å². The molecule has 0 radical (unpaired) electrons. The first-order valence-electron chi connectivity index (χ1n) is 6.45. The number of hydrogen-bond acceptors (Lipinski definition) is 3. The Labute approximate surface area is 108 Å². The van der Waals surface area contributed by atoms with Crippen LogP contribution in [0.1, 0.15) is 25.3 Å². The Hall–Kier alpha value is -1.77. The van der Waals surface area contributed by atoms with Crippen molar-refractivity contribution in [3.63, 3.8) is 0 Å². The van der Waals surface area contributed by atoms with E-state index in [1.165, 1.54) is 5.56 Å². The molecule has 0 saturated carbocycles. The van der Waals surface area contributed by atoms with Crippen molar-refractivity contribution >= 4 is 5.97 Å². The van der Waals surface area contributed by atoms with Crippen LogP contribution in [0.5, 0.6) is 0 Å². The van der Waals surface area contributed by atoms with Gasteiger partial charge in [0.2, 0.25) is 0 Å². The van der Waals surface area contributed by atoms with E-state index in [0.29, 0.717) is 6.61 Å². The van der Waals surface area contributed by atoms with Crippen molar-refractivity contribution < 1.29 is 9.53 Å². The van der Waals surface area contributed by atoms with Crippen molar-refractivity contribution in [1.29, 1.82) is 0 Å². The third kappa shape index (κ3) is 3.36. The van der Waals surface area contributed by atoms with Crippen LogP contribution in [0.4, 0.5) is 0 Å². The molecule has 0 bridgehead atoms. The molecular formula is C15H19NO2. The number of benzene rings is 1. The minimum absolute atomic E-state index is 0.171. The molecule has 18 heavy (non-hydrogen) atoms. The molecule has 1 aromatic carbocycles. The molecule has 0 aromatic heterocycles. The topological polar surface area (TPSA) is 29.5 Å². The van der Waals surface area contributed by atoms with E-state index in [1.807, 2.05) is 31.3 Å². The Kier molecular flexibility index (Phi) is 4.40. The summed E-state index contributed by atoms with van der Waals surface area (Å²) >= 11 is 0. The molecule has 0 spiro atoms. The monoisotopic (exact) mass is 245 g/mol. The number of carbonyl (C=O) groups is 1. The van der Waals surface area contributed by atoms with Crippen molar-refractivity contribution in [3.05, 3.63) is 47.7 Å². The summed E-state index contributed by atoms with van der Waals surface area (Å²) in [5, 5.41) is 0. The molecule has 1 aliphatic heterocycles. The van der Waals surface area contributed by atoms with E-state index in [1.54, 1.807) is 0 Å². The second kappa shape index (κ2) is 6.24. The maximum absolute atomic E-state index is 11.7. The second-order valence-electron chi connectivity index (χ2n) is 4.43. The van der Waals surface area contributed by atoms with Gasteiger partial charge in [-0.1, -0.05) is 30.3 Å². The number of nitrogens with zero attached hydrogens (tertiary/aromatic N) is 1. The van der Waals surface area contributed by atoms with Gasteiger partial charge in [-0.2, -0.15) is 0 Å². The van der Waals surface area contributed by atoms with E-state index in [2.05, 4.69) is 17.0 Å². The highest BCUT2D eigenvalue weighted by molar-refractivity contribution is 5.88. The smallest absolute Gasteiger partial charge is 0.335 e. The molecule has 1 aliphatic rings. The maximum Gasteiger partial charge on any atom is 0.335 e. The Morgan fingerprint density at radius 2 is 2.11 bits per heavy atom. The van der Waals surface area contributed by atoms with Crippen LogP contribution in [-0.4, -0.2) is 24.0 Å². The van der Waals surface area contributed by atoms with Gasteiger partial charge in [0.1, 0.15) is 0 Å². The van der Waals surface area contributed by atoms with Crippen molar-refractivity contribution in [2.75, 3.05) is 13.2 Å². The molecule has 0 atom stereocenters. The van der Waals surface area contributed by atoms with Crippen LogP contribution in [-0.2, 0) is 16.1 Å². The standard InChI is InChI=1S/C15H19NO2/c1-2-18-15(17)14-9-6-10-16(12-14)11-13-7-4-3-5-8-13/h3-5,7-8,12H,2,6,9-11H2,1H3. The maximum atomic E-state index is 11.7. The molecule has 1 heterocycles. The van der Waals surface area contributed by atoms with Crippen LogP contribution in [0.25, 0.3) is 0 Å². The minimum Gasteiger partial charge on any atom is -0.463 e. The summed E-state index contributed by atoms with van der Waals surface area (Å²) in [7, 11) is 0. The lowest BCUT2D eigenvalue weighted by Crippen LogP contribution is -2.25. The molecule has 3 heteroatoms. The lowest BCUT2D eigenvalue weighted by atomic mass is 10.1. The van der Waals surface area contributed by atoms with E-state index >= 15 is 0 Å². The van der Waals surface area contributed by atoms with Crippen molar-refractivity contribution in [2.24, 2.45) is 0 Å². The lowest BCUT2D eigenvalue weighted by molar-refractivity contribution is -0.138. The Bertz CT molecular complexity index is 425. The van der Waals surface area contributed by atoms with Gasteiger partial charge < -0.3 is 9.64 Å². The van der Waals surface area contributed by atoms with Crippen LogP contribution < -0.4 is 0 Å². The van der Waals surface area contributed by atoms with Gasteiger partial charge in [-0.15, -0.1) is 0 Å². The first-order chi connectivity index (χ1) is 8.79. The third-order valence-electron chi connectivity index (χ3n) is 3.00. The number of carbonyl (C=O) groups excluding carboxylic acids is 1. The highest BCUT2D eigenvalue weighted by atomic mass is 16.5. The minimum atomic E-state index is -0.171. The summed E-state index contributed by atoms with van der Waals surface area (Å²) < 4.78 is 5.05. The van der Waals surface area contributed by atoms with Gasteiger partial charge in [0, 0.05) is 19.3 Å². The lowest BCUT2D eigenvalue weighted by Gasteiger charge is -2.26. The number of hydrogen-bond donors (Lipinski definition) is 0. The number of rotatable bonds is 4. The molecule has 2 rings (SSSR count). The fourth-order valence-corrected chi connectivity index (χ4v) is 2.14. The first-order valence-corrected chi connectivity index (χ1v) is 6.45. The molecule has 0 fully saturated rings. The normalized spacial score (nSPS) is 15.2. The summed E-state index contributed by atoms with van der Waals surface area (Å²) in [5.74, 6) is -0.171. The number of esters is 1. The molecule has 0 aliphatic carbocycles. The zero-order valence-electron chi connectivity index (χ0n) is 10.8. The zero-order valence-corrected chi connectivity index (χ0v) is 10.8. The second-order valence-corrected chi connectivity index (χ2v) is 4.43. The molecule has 0 unspecified atom stereocenters. The first kappa shape index (κ1) is 12.7. The molecule has 0 amide bonds. The fourth-order valence-electron chi connectivity index (χ4n) is 2.14. The van der Waals surface area contributed by atoms with Crippen molar-refractivity contribution in [1.82, 2.24) is 4.90 Å². The Morgan fingerprint density at radius 3 is 2.83 bits per heavy atom.